The standard InChI is InChI=1S/C32H38N2O3.C31H36N2.CO2/c1-4-37-32(36)29(21-20-26-14-8-5-9-15-26)33-25(3)30(23-28-18-12-7-13-19-28)34-31(35)24(2)22-27-16-10-6-11-17-27;1-4-29(21-20-26-14-8-5-9-15-26)33-25(3)30(23-28-18-12-7-13-19-28)32-31(33)24(2)22-27-16-10-6-11-17-27;2-1-3/h5-19,24,29-30H,4,20-23H2,1-3H3,(H,34,35);5-19,24,29H,4,20-23H2,1-3H3;/t24?,29-,30?;24?,29-;/m10./s1. The van der Waals surface area contributed by atoms with Crippen molar-refractivity contribution >= 4 is 23.7 Å². The van der Waals surface area contributed by atoms with E-state index in [4.69, 9.17) is 24.3 Å². The molecule has 9 nitrogen and oxygen atoms in total. The van der Waals surface area contributed by atoms with Gasteiger partial charge in [0.2, 0.25) is 5.91 Å². The molecule has 1 N–H and O–H groups in total. The Morgan fingerprint density at radius 2 is 1.04 bits per heavy atom. The van der Waals surface area contributed by atoms with E-state index in [0.717, 1.165) is 54.5 Å². The van der Waals surface area contributed by atoms with Gasteiger partial charge in [0.05, 0.1) is 18.3 Å². The van der Waals surface area contributed by atoms with Crippen LogP contribution in [0.1, 0.15) is 116 Å². The van der Waals surface area contributed by atoms with Gasteiger partial charge in [0.1, 0.15) is 11.9 Å². The molecule has 7 rings (SSSR count). The number of carbonyl (C=O) groups excluding carboxylic acids is 4. The Bertz CT molecular complexity index is 2720. The summed E-state index contributed by atoms with van der Waals surface area (Å²) in [5, 5.41) is 3.21. The number of aliphatic imine (C=N–C) groups is 1. The summed E-state index contributed by atoms with van der Waals surface area (Å²) >= 11 is 0. The number of benzene rings is 6. The molecule has 1 heterocycles. The Kier molecular flexibility index (Phi) is 24.0. The lowest BCUT2D eigenvalue weighted by Gasteiger charge is -2.24. The normalized spacial score (nSPS) is 13.0. The van der Waals surface area contributed by atoms with Gasteiger partial charge >= 0.3 is 12.1 Å². The van der Waals surface area contributed by atoms with Gasteiger partial charge in [0.25, 0.3) is 0 Å². The second-order valence-corrected chi connectivity index (χ2v) is 18.7. The summed E-state index contributed by atoms with van der Waals surface area (Å²) in [6.07, 6.45) is 7.99. The summed E-state index contributed by atoms with van der Waals surface area (Å²) in [5.41, 5.74) is 10.7. The summed E-state index contributed by atoms with van der Waals surface area (Å²) in [5.74, 6) is 1.03. The number of hydrogen-bond acceptors (Lipinski definition) is 7. The van der Waals surface area contributed by atoms with Crippen molar-refractivity contribution in [3.8, 4) is 0 Å². The number of hydrogen-bond donors (Lipinski definition) is 1. The molecule has 6 aromatic carbocycles. The van der Waals surface area contributed by atoms with Crippen LogP contribution in [0.3, 0.4) is 0 Å². The van der Waals surface area contributed by atoms with E-state index in [2.05, 4.69) is 122 Å². The van der Waals surface area contributed by atoms with Crippen LogP contribution in [0.15, 0.2) is 187 Å². The molecular formula is C64H74N4O5. The summed E-state index contributed by atoms with van der Waals surface area (Å²) in [4.78, 5) is 52.4. The maximum Gasteiger partial charge on any atom is 0.373 e. The highest BCUT2D eigenvalue weighted by Crippen LogP contribution is 2.31. The first-order chi connectivity index (χ1) is 35.5. The Morgan fingerprint density at radius 3 is 1.51 bits per heavy atom. The second-order valence-electron chi connectivity index (χ2n) is 18.7. The predicted molar refractivity (Wildman–Crippen MR) is 294 cm³/mol. The van der Waals surface area contributed by atoms with Crippen LogP contribution in [0.5, 0.6) is 0 Å². The van der Waals surface area contributed by atoms with E-state index in [0.29, 0.717) is 44.2 Å². The van der Waals surface area contributed by atoms with E-state index in [-0.39, 0.29) is 30.0 Å². The van der Waals surface area contributed by atoms with Crippen molar-refractivity contribution in [2.45, 2.75) is 123 Å². The van der Waals surface area contributed by atoms with Gasteiger partial charge in [-0.25, -0.2) is 9.78 Å². The van der Waals surface area contributed by atoms with Gasteiger partial charge in [-0.15, -0.1) is 0 Å². The number of nitrogens with zero attached hydrogens (tertiary/aromatic N) is 3. The number of ether oxygens (including phenoxy) is 1. The molecule has 0 aliphatic rings. The van der Waals surface area contributed by atoms with Crippen molar-refractivity contribution in [3.63, 3.8) is 0 Å². The van der Waals surface area contributed by atoms with Crippen LogP contribution in [-0.2, 0) is 62.4 Å². The minimum absolute atomic E-state index is 0.0312. The van der Waals surface area contributed by atoms with E-state index in [1.165, 1.54) is 33.9 Å². The molecule has 0 fully saturated rings. The lowest BCUT2D eigenvalue weighted by atomic mass is 9.97. The molecule has 0 radical (unpaired) electrons. The number of nitrogens with one attached hydrogen (secondary N) is 1. The smallest absolute Gasteiger partial charge is 0.373 e. The highest BCUT2D eigenvalue weighted by Gasteiger charge is 2.26. The molecule has 0 saturated heterocycles. The molecule has 7 aromatic rings. The zero-order valence-electron chi connectivity index (χ0n) is 43.7. The van der Waals surface area contributed by atoms with Crippen LogP contribution in [-0.4, -0.2) is 52.0 Å². The van der Waals surface area contributed by atoms with Crippen LogP contribution in [0.4, 0.5) is 0 Å². The lowest BCUT2D eigenvalue weighted by Crippen LogP contribution is -2.44. The molecule has 5 atom stereocenters. The van der Waals surface area contributed by atoms with Crippen molar-refractivity contribution in [2.75, 3.05) is 6.61 Å². The van der Waals surface area contributed by atoms with Gasteiger partial charge in [-0.3, -0.25) is 9.79 Å². The molecule has 0 saturated carbocycles. The maximum atomic E-state index is 13.2. The topological polar surface area (TPSA) is 120 Å². The van der Waals surface area contributed by atoms with E-state index in [9.17, 15) is 9.59 Å². The third-order valence-electron chi connectivity index (χ3n) is 13.2. The molecule has 380 valence electrons. The average molecular weight is 979 g/mol. The maximum absolute atomic E-state index is 13.2. The van der Waals surface area contributed by atoms with E-state index in [1.807, 2.05) is 105 Å². The molecule has 3 unspecified atom stereocenters. The molecule has 9 heteroatoms. The van der Waals surface area contributed by atoms with Gasteiger partial charge < -0.3 is 14.6 Å². The zero-order chi connectivity index (χ0) is 52.2. The van der Waals surface area contributed by atoms with Crippen LogP contribution in [0.25, 0.3) is 0 Å². The number of rotatable bonds is 23. The highest BCUT2D eigenvalue weighted by molar-refractivity contribution is 5.94. The van der Waals surface area contributed by atoms with Gasteiger partial charge in [0, 0.05) is 35.7 Å². The summed E-state index contributed by atoms with van der Waals surface area (Å²) < 4.78 is 7.92. The molecule has 0 bridgehead atoms. The average Bonchev–Trinajstić information content (AvgIpc) is 3.74. The third-order valence-corrected chi connectivity index (χ3v) is 13.2. The highest BCUT2D eigenvalue weighted by atomic mass is 16.5. The molecule has 73 heavy (non-hydrogen) atoms. The van der Waals surface area contributed by atoms with Crippen LogP contribution >= 0.6 is 0 Å². The number of amides is 1. The van der Waals surface area contributed by atoms with Crippen molar-refractivity contribution < 1.29 is 23.9 Å². The number of imidazole rings is 1. The molecule has 0 aliphatic carbocycles. The zero-order valence-corrected chi connectivity index (χ0v) is 43.7. The van der Waals surface area contributed by atoms with Crippen LogP contribution in [0.2, 0.25) is 0 Å². The number of aryl methyl sites for hydroxylation is 2. The first kappa shape index (κ1) is 56.4. The van der Waals surface area contributed by atoms with Crippen molar-refractivity contribution in [2.24, 2.45) is 10.9 Å². The van der Waals surface area contributed by atoms with E-state index >= 15 is 0 Å². The van der Waals surface area contributed by atoms with Gasteiger partial charge in [0.15, 0.2) is 0 Å². The summed E-state index contributed by atoms with van der Waals surface area (Å²) in [6.45, 7) is 12.9. The Balaban J connectivity index is 0.000000258. The van der Waals surface area contributed by atoms with Crippen molar-refractivity contribution in [3.05, 3.63) is 233 Å². The molecule has 0 spiro atoms. The largest absolute Gasteiger partial charge is 0.464 e. The molecule has 0 aliphatic heterocycles. The summed E-state index contributed by atoms with van der Waals surface area (Å²) in [6, 6.07) is 62.0. The third kappa shape index (κ3) is 18.9. The van der Waals surface area contributed by atoms with E-state index < -0.39 is 6.04 Å². The van der Waals surface area contributed by atoms with Gasteiger partial charge in [-0.05, 0) is 106 Å². The minimum atomic E-state index is -0.628. The molecule has 1 amide bonds. The SMILES string of the molecule is CCOC(=O)[C@@H](CCc1ccccc1)N=C(C)C(Cc1ccccc1)NC(=O)C(C)Cc1ccccc1.CC[C@@H](CCc1ccccc1)n1c(C(C)Cc2ccccc2)nc(Cc2ccccc2)c1C.O=C=O. The Labute approximate surface area is 434 Å². The fourth-order valence-corrected chi connectivity index (χ4v) is 9.19. The van der Waals surface area contributed by atoms with Crippen LogP contribution < -0.4 is 5.32 Å². The van der Waals surface area contributed by atoms with E-state index in [1.54, 1.807) is 6.92 Å². The first-order valence-corrected chi connectivity index (χ1v) is 25.8. The second kappa shape index (κ2) is 31.1. The van der Waals surface area contributed by atoms with Gasteiger partial charge in [-0.2, -0.15) is 9.59 Å². The number of esters is 1. The lowest BCUT2D eigenvalue weighted by molar-refractivity contribution is -0.191. The Morgan fingerprint density at radius 1 is 0.616 bits per heavy atom. The van der Waals surface area contributed by atoms with Gasteiger partial charge in [-0.1, -0.05) is 203 Å². The predicted octanol–water partition coefficient (Wildman–Crippen LogP) is 12.7. The quantitative estimate of drug-likeness (QED) is 0.0504. The fraction of sp³-hybridized carbons (Fsp3) is 0.328. The fourth-order valence-electron chi connectivity index (χ4n) is 9.19. The van der Waals surface area contributed by atoms with Crippen molar-refractivity contribution in [1.82, 2.24) is 14.9 Å². The minimum Gasteiger partial charge on any atom is -0.464 e. The Hall–Kier alpha value is -7.48. The van der Waals surface area contributed by atoms with Crippen LogP contribution in [0, 0.1) is 12.8 Å². The monoisotopic (exact) mass is 979 g/mol. The summed E-state index contributed by atoms with van der Waals surface area (Å²) in [7, 11) is 0. The molecule has 1 aromatic heterocycles. The van der Waals surface area contributed by atoms with Crippen molar-refractivity contribution in [1.29, 1.82) is 0 Å². The number of carbonyl (C=O) groups is 2. The first-order valence-electron chi connectivity index (χ1n) is 25.8. The molecular weight excluding hydrogens is 905 g/mol. The number of aromatic nitrogens is 2.